The van der Waals surface area contributed by atoms with E-state index in [1.54, 1.807) is 6.07 Å². The third-order valence-corrected chi connectivity index (χ3v) is 7.09. The number of carbonyl (C=O) groups excluding carboxylic acids is 2. The lowest BCUT2D eigenvalue weighted by Gasteiger charge is -2.31. The highest BCUT2D eigenvalue weighted by atomic mass is 16.4. The SMILES string of the molecule is CC(C)CCc1cc(N(C)C)ccc1C(=O)O.CC12CCC(C(=O)C1=O)C2(C)C. The Morgan fingerprint density at radius 2 is 1.83 bits per heavy atom. The maximum Gasteiger partial charge on any atom is 0.335 e. The highest BCUT2D eigenvalue weighted by Gasteiger charge is 2.66. The molecule has 0 saturated heterocycles. The largest absolute Gasteiger partial charge is 0.478 e. The summed E-state index contributed by atoms with van der Waals surface area (Å²) in [5.74, 6) is -0.485. The zero-order valence-corrected chi connectivity index (χ0v) is 18.8. The van der Waals surface area contributed by atoms with Crippen LogP contribution in [0.1, 0.15) is 69.8 Å². The summed E-state index contributed by atoms with van der Waals surface area (Å²) in [6.07, 6.45) is 3.64. The van der Waals surface area contributed by atoms with Crippen LogP contribution in [0.3, 0.4) is 0 Å². The average molecular weight is 402 g/mol. The van der Waals surface area contributed by atoms with Crippen LogP contribution in [-0.4, -0.2) is 36.7 Å². The van der Waals surface area contributed by atoms with Crippen molar-refractivity contribution in [3.63, 3.8) is 0 Å². The molecule has 0 aliphatic heterocycles. The Morgan fingerprint density at radius 1 is 1.21 bits per heavy atom. The fraction of sp³-hybridized carbons (Fsp3) is 0.625. The molecular formula is C24H35NO4. The van der Waals surface area contributed by atoms with E-state index in [0.29, 0.717) is 11.5 Å². The number of aryl methyl sites for hydroxylation is 1. The van der Waals surface area contributed by atoms with Crippen LogP contribution in [0.15, 0.2) is 18.2 Å². The van der Waals surface area contributed by atoms with Gasteiger partial charge in [-0.2, -0.15) is 0 Å². The normalized spacial score (nSPS) is 24.5. The minimum Gasteiger partial charge on any atom is -0.478 e. The minimum atomic E-state index is -0.839. The molecule has 2 aliphatic rings. The number of carbonyl (C=O) groups is 3. The number of carboxylic acid groups (broad SMARTS) is 1. The average Bonchev–Trinajstić information content (AvgIpc) is 2.94. The van der Waals surface area contributed by atoms with Crippen LogP contribution in [0.2, 0.25) is 0 Å². The van der Waals surface area contributed by atoms with Crippen LogP contribution < -0.4 is 4.90 Å². The van der Waals surface area contributed by atoms with Crippen LogP contribution in [0.5, 0.6) is 0 Å². The number of aromatic carboxylic acids is 1. The van der Waals surface area contributed by atoms with Gasteiger partial charge in [-0.1, -0.05) is 34.6 Å². The molecule has 5 heteroatoms. The molecule has 1 aromatic rings. The van der Waals surface area contributed by atoms with Gasteiger partial charge in [-0.3, -0.25) is 9.59 Å². The summed E-state index contributed by atoms with van der Waals surface area (Å²) in [5.41, 5.74) is 1.96. The van der Waals surface area contributed by atoms with Gasteiger partial charge in [0.2, 0.25) is 11.6 Å². The van der Waals surface area contributed by atoms with Gasteiger partial charge in [0.05, 0.1) is 5.56 Å². The quantitative estimate of drug-likeness (QED) is 0.729. The van der Waals surface area contributed by atoms with Gasteiger partial charge in [0.25, 0.3) is 0 Å². The predicted octanol–water partition coefficient (Wildman–Crippen LogP) is 4.62. The van der Waals surface area contributed by atoms with Gasteiger partial charge >= 0.3 is 5.97 Å². The number of carboxylic acids is 1. The van der Waals surface area contributed by atoms with Gasteiger partial charge in [-0.05, 0) is 60.8 Å². The van der Waals surface area contributed by atoms with E-state index in [4.69, 9.17) is 5.11 Å². The third-order valence-electron chi connectivity index (χ3n) is 7.09. The summed E-state index contributed by atoms with van der Waals surface area (Å²) in [5, 5.41) is 9.15. The fourth-order valence-corrected chi connectivity index (χ4v) is 4.51. The molecule has 3 rings (SSSR count). The van der Waals surface area contributed by atoms with Crippen LogP contribution in [0.4, 0.5) is 5.69 Å². The first-order valence-corrected chi connectivity index (χ1v) is 10.4. The van der Waals surface area contributed by atoms with Gasteiger partial charge in [0, 0.05) is 31.1 Å². The highest BCUT2D eigenvalue weighted by molar-refractivity contribution is 6.43. The smallest absolute Gasteiger partial charge is 0.335 e. The zero-order chi connectivity index (χ0) is 22.1. The van der Waals surface area contributed by atoms with E-state index in [0.717, 1.165) is 36.9 Å². The molecule has 0 radical (unpaired) electrons. The van der Waals surface area contributed by atoms with Gasteiger partial charge in [-0.15, -0.1) is 0 Å². The van der Waals surface area contributed by atoms with E-state index in [2.05, 4.69) is 13.8 Å². The van der Waals surface area contributed by atoms with E-state index >= 15 is 0 Å². The Labute approximate surface area is 174 Å². The molecule has 0 heterocycles. The zero-order valence-electron chi connectivity index (χ0n) is 18.8. The first-order valence-electron chi connectivity index (χ1n) is 10.4. The Kier molecular flexibility index (Phi) is 6.61. The van der Waals surface area contributed by atoms with Crippen molar-refractivity contribution in [2.45, 2.75) is 60.3 Å². The summed E-state index contributed by atoms with van der Waals surface area (Å²) >= 11 is 0. The van der Waals surface area contributed by atoms with Crippen molar-refractivity contribution in [2.24, 2.45) is 22.7 Å². The molecule has 1 aromatic carbocycles. The Hall–Kier alpha value is -2.17. The van der Waals surface area contributed by atoms with Crippen molar-refractivity contribution in [2.75, 3.05) is 19.0 Å². The molecule has 0 spiro atoms. The van der Waals surface area contributed by atoms with E-state index in [9.17, 15) is 14.4 Å². The number of Topliss-reactive ketones (excluding diaryl/α,β-unsaturated/α-hetero) is 2. The number of fused-ring (bicyclic) bond motifs is 2. The van der Waals surface area contributed by atoms with Crippen molar-refractivity contribution < 1.29 is 19.5 Å². The summed E-state index contributed by atoms with van der Waals surface area (Å²) in [6.45, 7) is 10.3. The molecule has 2 bridgehead atoms. The van der Waals surface area contributed by atoms with E-state index in [1.807, 2.05) is 51.9 Å². The number of nitrogens with zero attached hydrogens (tertiary/aromatic N) is 1. The molecule has 2 unspecified atom stereocenters. The van der Waals surface area contributed by atoms with Gasteiger partial charge < -0.3 is 10.0 Å². The Balaban J connectivity index is 0.000000218. The van der Waals surface area contributed by atoms with E-state index in [-0.39, 0.29) is 28.3 Å². The summed E-state index contributed by atoms with van der Waals surface area (Å²) in [6, 6.07) is 5.53. The van der Waals surface area contributed by atoms with Gasteiger partial charge in [0.1, 0.15) is 0 Å². The molecule has 1 N–H and O–H groups in total. The molecule has 2 fully saturated rings. The lowest BCUT2D eigenvalue weighted by atomic mass is 9.70. The van der Waals surface area contributed by atoms with Gasteiger partial charge in [-0.25, -0.2) is 4.79 Å². The lowest BCUT2D eigenvalue weighted by molar-refractivity contribution is -0.141. The molecule has 2 aliphatic carbocycles. The topological polar surface area (TPSA) is 74.7 Å². The molecule has 160 valence electrons. The van der Waals surface area contributed by atoms with Crippen molar-refractivity contribution in [1.29, 1.82) is 0 Å². The van der Waals surface area contributed by atoms with E-state index < -0.39 is 5.97 Å². The molecule has 0 aromatic heterocycles. The Morgan fingerprint density at radius 3 is 2.21 bits per heavy atom. The van der Waals surface area contributed by atoms with Crippen molar-refractivity contribution in [3.8, 4) is 0 Å². The van der Waals surface area contributed by atoms with Crippen LogP contribution in [0, 0.1) is 22.7 Å². The van der Waals surface area contributed by atoms with Crippen LogP contribution >= 0.6 is 0 Å². The van der Waals surface area contributed by atoms with Crippen molar-refractivity contribution in [3.05, 3.63) is 29.3 Å². The number of hydrogen-bond acceptors (Lipinski definition) is 4. The second-order valence-corrected chi connectivity index (χ2v) is 9.81. The van der Waals surface area contributed by atoms with Crippen molar-refractivity contribution in [1.82, 2.24) is 0 Å². The maximum atomic E-state index is 11.6. The fourth-order valence-electron chi connectivity index (χ4n) is 4.51. The number of ketones is 2. The summed E-state index contributed by atoms with van der Waals surface area (Å²) in [7, 11) is 3.92. The van der Waals surface area contributed by atoms with Gasteiger partial charge in [0.15, 0.2) is 0 Å². The second-order valence-electron chi connectivity index (χ2n) is 9.81. The maximum absolute atomic E-state index is 11.6. The first-order chi connectivity index (χ1) is 13.3. The molecule has 2 saturated carbocycles. The predicted molar refractivity (Wildman–Crippen MR) is 116 cm³/mol. The monoisotopic (exact) mass is 401 g/mol. The number of hydrogen-bond donors (Lipinski definition) is 1. The highest BCUT2D eigenvalue weighted by Crippen LogP contribution is 2.61. The number of benzene rings is 1. The first kappa shape index (κ1) is 23.1. The number of anilines is 1. The van der Waals surface area contributed by atoms with Crippen LogP contribution in [-0.2, 0) is 16.0 Å². The molecular weight excluding hydrogens is 366 g/mol. The summed E-state index contributed by atoms with van der Waals surface area (Å²) in [4.78, 5) is 36.1. The molecule has 0 amide bonds. The standard InChI is InChI=1S/C14H21NO2.C10H14O2/c1-10(2)5-6-11-9-12(15(3)4)7-8-13(11)14(16)17;1-9(2)6-4-5-10(9,3)8(12)7(6)11/h7-10H,5-6H2,1-4H3,(H,16,17);6H,4-5H2,1-3H3. The second kappa shape index (κ2) is 8.29. The summed E-state index contributed by atoms with van der Waals surface area (Å²) < 4.78 is 0. The molecule has 29 heavy (non-hydrogen) atoms. The van der Waals surface area contributed by atoms with Crippen molar-refractivity contribution >= 4 is 23.2 Å². The number of rotatable bonds is 5. The van der Waals surface area contributed by atoms with Crippen LogP contribution in [0.25, 0.3) is 0 Å². The third kappa shape index (κ3) is 4.24. The Bertz CT molecular complexity index is 809. The van der Waals surface area contributed by atoms with E-state index in [1.165, 1.54) is 0 Å². The minimum absolute atomic E-state index is 0.00926. The molecule has 5 nitrogen and oxygen atoms in total. The lowest BCUT2D eigenvalue weighted by Crippen LogP contribution is -2.33. The molecule has 2 atom stereocenters.